The Morgan fingerprint density at radius 1 is 1.28 bits per heavy atom. The van der Waals surface area contributed by atoms with Crippen LogP contribution in [0, 0.1) is 12.8 Å². The maximum absolute atomic E-state index is 12.6. The minimum Gasteiger partial charge on any atom is -0.480 e. The van der Waals surface area contributed by atoms with Crippen molar-refractivity contribution in [3.63, 3.8) is 0 Å². The molecule has 0 bridgehead atoms. The zero-order chi connectivity index (χ0) is 18.4. The molecule has 1 aliphatic rings. The summed E-state index contributed by atoms with van der Waals surface area (Å²) in [6, 6.07) is 6.51. The fourth-order valence-electron chi connectivity index (χ4n) is 3.09. The smallest absolute Gasteiger partial charge is 0.326 e. The van der Waals surface area contributed by atoms with Crippen LogP contribution in [-0.4, -0.2) is 46.9 Å². The predicted octanol–water partition coefficient (Wildman–Crippen LogP) is 2.22. The van der Waals surface area contributed by atoms with E-state index in [2.05, 4.69) is 5.32 Å². The first kappa shape index (κ1) is 19.0. The van der Waals surface area contributed by atoms with Crippen molar-refractivity contribution in [2.75, 3.05) is 13.1 Å². The van der Waals surface area contributed by atoms with Crippen LogP contribution in [0.1, 0.15) is 48.5 Å². The lowest BCUT2D eigenvalue weighted by molar-refractivity contribution is -0.143. The highest BCUT2D eigenvalue weighted by Crippen LogP contribution is 2.19. The van der Waals surface area contributed by atoms with E-state index in [-0.39, 0.29) is 17.7 Å². The third-order valence-electron chi connectivity index (χ3n) is 4.57. The number of piperidine rings is 1. The van der Waals surface area contributed by atoms with Crippen molar-refractivity contribution in [1.29, 1.82) is 0 Å². The summed E-state index contributed by atoms with van der Waals surface area (Å²) in [5.41, 5.74) is 1.70. The zero-order valence-electron chi connectivity index (χ0n) is 14.8. The molecule has 0 spiro atoms. The van der Waals surface area contributed by atoms with E-state index in [1.54, 1.807) is 17.0 Å². The van der Waals surface area contributed by atoms with Gasteiger partial charge in [0, 0.05) is 18.7 Å². The molecule has 2 rings (SSSR count). The normalized spacial score (nSPS) is 18.5. The molecule has 2 unspecified atom stereocenters. The van der Waals surface area contributed by atoms with E-state index in [0.29, 0.717) is 37.9 Å². The number of carbonyl (C=O) groups is 3. The number of nitrogens with zero attached hydrogens (tertiary/aromatic N) is 1. The van der Waals surface area contributed by atoms with E-state index >= 15 is 0 Å². The summed E-state index contributed by atoms with van der Waals surface area (Å²) < 4.78 is 0. The van der Waals surface area contributed by atoms with Crippen LogP contribution in [0.25, 0.3) is 0 Å². The van der Waals surface area contributed by atoms with E-state index in [1.165, 1.54) is 0 Å². The molecule has 0 saturated carbocycles. The Balaban J connectivity index is 1.99. The SMILES string of the molecule is CCCC(NC(=O)C1CCCN(C(=O)c2ccc(C)cc2)C1)C(=O)O. The zero-order valence-corrected chi connectivity index (χ0v) is 14.8. The number of hydrogen-bond donors (Lipinski definition) is 2. The van der Waals surface area contributed by atoms with Crippen molar-refractivity contribution in [2.24, 2.45) is 5.92 Å². The number of hydrogen-bond acceptors (Lipinski definition) is 3. The van der Waals surface area contributed by atoms with E-state index < -0.39 is 12.0 Å². The minimum absolute atomic E-state index is 0.0826. The highest BCUT2D eigenvalue weighted by molar-refractivity contribution is 5.95. The Morgan fingerprint density at radius 2 is 1.96 bits per heavy atom. The molecule has 1 aliphatic heterocycles. The average Bonchev–Trinajstić information content (AvgIpc) is 2.61. The monoisotopic (exact) mass is 346 g/mol. The van der Waals surface area contributed by atoms with Crippen LogP contribution in [0.5, 0.6) is 0 Å². The third-order valence-corrected chi connectivity index (χ3v) is 4.57. The second kappa shape index (κ2) is 8.65. The number of carbonyl (C=O) groups excluding carboxylic acids is 2. The molecule has 25 heavy (non-hydrogen) atoms. The van der Waals surface area contributed by atoms with Crippen LogP contribution >= 0.6 is 0 Å². The van der Waals surface area contributed by atoms with E-state index in [1.807, 2.05) is 26.0 Å². The number of rotatable bonds is 6. The number of carboxylic acids is 1. The molecule has 1 heterocycles. The first-order valence-electron chi connectivity index (χ1n) is 8.81. The van der Waals surface area contributed by atoms with Gasteiger partial charge in [-0.15, -0.1) is 0 Å². The van der Waals surface area contributed by atoms with Crippen molar-refractivity contribution in [1.82, 2.24) is 10.2 Å². The maximum Gasteiger partial charge on any atom is 0.326 e. The van der Waals surface area contributed by atoms with Crippen LogP contribution in [0.3, 0.4) is 0 Å². The summed E-state index contributed by atoms with van der Waals surface area (Å²) in [7, 11) is 0. The summed E-state index contributed by atoms with van der Waals surface area (Å²) in [6.45, 7) is 4.79. The standard InChI is InChI=1S/C19H26N2O4/c1-3-5-16(19(24)25)20-17(22)15-6-4-11-21(12-15)18(23)14-9-7-13(2)8-10-14/h7-10,15-16H,3-6,11-12H2,1-2H3,(H,20,22)(H,24,25). The number of aliphatic carboxylic acids is 1. The van der Waals surface area contributed by atoms with Crippen molar-refractivity contribution >= 4 is 17.8 Å². The molecule has 1 aromatic carbocycles. The summed E-state index contributed by atoms with van der Waals surface area (Å²) in [5, 5.41) is 11.8. The van der Waals surface area contributed by atoms with Gasteiger partial charge < -0.3 is 15.3 Å². The topological polar surface area (TPSA) is 86.7 Å². The molecule has 6 nitrogen and oxygen atoms in total. The van der Waals surface area contributed by atoms with Gasteiger partial charge in [-0.05, 0) is 38.3 Å². The van der Waals surface area contributed by atoms with Gasteiger partial charge >= 0.3 is 5.97 Å². The number of amides is 2. The fraction of sp³-hybridized carbons (Fsp3) is 0.526. The van der Waals surface area contributed by atoms with Crippen LogP contribution in [0.2, 0.25) is 0 Å². The van der Waals surface area contributed by atoms with Gasteiger partial charge in [0.15, 0.2) is 0 Å². The van der Waals surface area contributed by atoms with E-state index in [4.69, 9.17) is 0 Å². The molecular formula is C19H26N2O4. The van der Waals surface area contributed by atoms with E-state index in [9.17, 15) is 19.5 Å². The number of nitrogens with one attached hydrogen (secondary N) is 1. The molecule has 136 valence electrons. The molecule has 0 aliphatic carbocycles. The lowest BCUT2D eigenvalue weighted by Gasteiger charge is -2.32. The van der Waals surface area contributed by atoms with Crippen LogP contribution < -0.4 is 5.32 Å². The lowest BCUT2D eigenvalue weighted by Crippen LogP contribution is -2.49. The molecule has 1 fully saturated rings. The Morgan fingerprint density at radius 3 is 2.56 bits per heavy atom. The summed E-state index contributed by atoms with van der Waals surface area (Å²) in [6.07, 6.45) is 2.49. The second-order valence-electron chi connectivity index (χ2n) is 6.64. The number of aryl methyl sites for hydroxylation is 1. The number of benzene rings is 1. The maximum atomic E-state index is 12.6. The van der Waals surface area contributed by atoms with Crippen LogP contribution in [0.4, 0.5) is 0 Å². The average molecular weight is 346 g/mol. The molecule has 2 amide bonds. The summed E-state index contributed by atoms with van der Waals surface area (Å²) in [4.78, 5) is 37.9. The molecule has 2 N–H and O–H groups in total. The summed E-state index contributed by atoms with van der Waals surface area (Å²) in [5.74, 6) is -1.73. The third kappa shape index (κ3) is 5.05. The summed E-state index contributed by atoms with van der Waals surface area (Å²) >= 11 is 0. The molecule has 1 aromatic rings. The fourth-order valence-corrected chi connectivity index (χ4v) is 3.09. The van der Waals surface area contributed by atoms with E-state index in [0.717, 1.165) is 12.0 Å². The lowest BCUT2D eigenvalue weighted by atomic mass is 9.95. The van der Waals surface area contributed by atoms with Gasteiger partial charge in [0.2, 0.25) is 5.91 Å². The molecule has 6 heteroatoms. The van der Waals surface area contributed by atoms with Gasteiger partial charge in [-0.25, -0.2) is 4.79 Å². The van der Waals surface area contributed by atoms with Gasteiger partial charge in [0.25, 0.3) is 5.91 Å². The van der Waals surface area contributed by atoms with Crippen molar-refractivity contribution in [3.8, 4) is 0 Å². The molecule has 1 saturated heterocycles. The van der Waals surface area contributed by atoms with Crippen LogP contribution in [0.15, 0.2) is 24.3 Å². The Bertz CT molecular complexity index is 627. The molecule has 2 atom stereocenters. The van der Waals surface area contributed by atoms with Gasteiger partial charge in [0.1, 0.15) is 6.04 Å². The van der Waals surface area contributed by atoms with Crippen LogP contribution in [-0.2, 0) is 9.59 Å². The number of carboxylic acid groups (broad SMARTS) is 1. The number of likely N-dealkylation sites (tertiary alicyclic amines) is 1. The largest absolute Gasteiger partial charge is 0.480 e. The highest BCUT2D eigenvalue weighted by atomic mass is 16.4. The molecule has 0 aromatic heterocycles. The Labute approximate surface area is 148 Å². The van der Waals surface area contributed by atoms with Gasteiger partial charge in [-0.2, -0.15) is 0 Å². The minimum atomic E-state index is -1.02. The molecular weight excluding hydrogens is 320 g/mol. The predicted molar refractivity (Wildman–Crippen MR) is 94.3 cm³/mol. The Hall–Kier alpha value is -2.37. The van der Waals surface area contributed by atoms with Gasteiger partial charge in [-0.3, -0.25) is 9.59 Å². The quantitative estimate of drug-likeness (QED) is 0.827. The molecule has 0 radical (unpaired) electrons. The van der Waals surface area contributed by atoms with Gasteiger partial charge in [0.05, 0.1) is 5.92 Å². The van der Waals surface area contributed by atoms with Crippen molar-refractivity contribution in [3.05, 3.63) is 35.4 Å². The first-order chi connectivity index (χ1) is 11.9. The van der Waals surface area contributed by atoms with Crippen molar-refractivity contribution < 1.29 is 19.5 Å². The highest BCUT2D eigenvalue weighted by Gasteiger charge is 2.31. The van der Waals surface area contributed by atoms with Gasteiger partial charge in [-0.1, -0.05) is 31.0 Å². The Kier molecular flexibility index (Phi) is 6.56. The first-order valence-corrected chi connectivity index (χ1v) is 8.81. The second-order valence-corrected chi connectivity index (χ2v) is 6.64. The van der Waals surface area contributed by atoms with Crippen molar-refractivity contribution in [2.45, 2.75) is 45.6 Å².